The van der Waals surface area contributed by atoms with Gasteiger partial charge in [0.05, 0.1) is 24.4 Å². The minimum Gasteiger partial charge on any atom is -0.346 e. The van der Waals surface area contributed by atoms with Gasteiger partial charge in [0.1, 0.15) is 17.5 Å². The van der Waals surface area contributed by atoms with Gasteiger partial charge in [-0.05, 0) is 30.5 Å². The molecular formula is C27H30N10O. The molecule has 0 aliphatic carbocycles. The molecule has 0 atom stereocenters. The third-order valence-electron chi connectivity index (χ3n) is 7.85. The molecule has 0 unspecified atom stereocenters. The molecule has 3 aromatic heterocycles. The maximum absolute atomic E-state index is 12.9. The predicted octanol–water partition coefficient (Wildman–Crippen LogP) is 2.90. The van der Waals surface area contributed by atoms with E-state index in [1.807, 2.05) is 58.5 Å². The Morgan fingerprint density at radius 3 is 2.82 bits per heavy atom. The van der Waals surface area contributed by atoms with Crippen molar-refractivity contribution in [1.29, 1.82) is 5.26 Å². The van der Waals surface area contributed by atoms with E-state index < -0.39 is 0 Å². The number of hydrogen-bond acceptors (Lipinski definition) is 7. The van der Waals surface area contributed by atoms with E-state index in [2.05, 4.69) is 36.3 Å². The number of urea groups is 1. The summed E-state index contributed by atoms with van der Waals surface area (Å²) in [6.45, 7) is 3.27. The van der Waals surface area contributed by atoms with Gasteiger partial charge in [0.25, 0.3) is 0 Å². The fourth-order valence-corrected chi connectivity index (χ4v) is 5.71. The molecule has 2 aliphatic heterocycles. The molecule has 6 rings (SSSR count). The van der Waals surface area contributed by atoms with Gasteiger partial charge in [-0.25, -0.2) is 14.8 Å². The van der Waals surface area contributed by atoms with Crippen LogP contribution in [0.3, 0.4) is 0 Å². The van der Waals surface area contributed by atoms with Gasteiger partial charge in [-0.3, -0.25) is 9.58 Å². The second-order valence-electron chi connectivity index (χ2n) is 10.1. The number of benzene rings is 1. The van der Waals surface area contributed by atoms with E-state index in [1.54, 1.807) is 6.33 Å². The van der Waals surface area contributed by atoms with Crippen molar-refractivity contribution < 1.29 is 4.79 Å². The van der Waals surface area contributed by atoms with Crippen LogP contribution in [0.4, 0.5) is 10.5 Å². The number of nitrogens with two attached hydrogens (primary N) is 1. The highest BCUT2D eigenvalue weighted by atomic mass is 16.2. The summed E-state index contributed by atoms with van der Waals surface area (Å²) in [5, 5.41) is 18.2. The zero-order valence-corrected chi connectivity index (χ0v) is 21.0. The van der Waals surface area contributed by atoms with Crippen molar-refractivity contribution >= 4 is 22.8 Å². The van der Waals surface area contributed by atoms with E-state index in [0.29, 0.717) is 32.1 Å². The number of rotatable bonds is 6. The first-order valence-corrected chi connectivity index (χ1v) is 12.9. The van der Waals surface area contributed by atoms with E-state index in [4.69, 9.17) is 5.73 Å². The number of amides is 2. The summed E-state index contributed by atoms with van der Waals surface area (Å²) in [4.78, 5) is 29.0. The summed E-state index contributed by atoms with van der Waals surface area (Å²) in [6, 6.07) is 12.2. The number of nitrogens with one attached hydrogen (secondary N) is 2. The summed E-state index contributed by atoms with van der Waals surface area (Å²) in [6.07, 6.45) is 9.38. The molecule has 0 bridgehead atoms. The van der Waals surface area contributed by atoms with Crippen LogP contribution < -0.4 is 11.1 Å². The summed E-state index contributed by atoms with van der Waals surface area (Å²) in [5.74, 6) is 0. The first-order valence-electron chi connectivity index (χ1n) is 12.9. The van der Waals surface area contributed by atoms with E-state index in [-0.39, 0.29) is 11.6 Å². The fraction of sp³-hybridized carbons (Fsp3) is 0.370. The second kappa shape index (κ2) is 9.89. The van der Waals surface area contributed by atoms with E-state index in [0.717, 1.165) is 59.5 Å². The Morgan fingerprint density at radius 1 is 1.21 bits per heavy atom. The first-order chi connectivity index (χ1) is 18.6. The Kier molecular flexibility index (Phi) is 6.27. The summed E-state index contributed by atoms with van der Waals surface area (Å²) >= 11 is 0. The lowest BCUT2D eigenvalue weighted by atomic mass is 9.84. The van der Waals surface area contributed by atoms with Crippen LogP contribution in [0.15, 0.2) is 55.2 Å². The average molecular weight is 511 g/mol. The predicted molar refractivity (Wildman–Crippen MR) is 143 cm³/mol. The molecule has 4 N–H and O–H groups in total. The average Bonchev–Trinajstić information content (AvgIpc) is 3.61. The standard InChI is InChI=1S/C27H30N10O/c28-9-8-27(37-15-20(14-33-37)24-22-5-10-30-25(22)32-18-31-24)16-36(17-27)21-6-11-35(12-7-21)26(38)34-23-4-2-1-3-19(23)13-29/h1-5,10,14-15,18,21H,6-8,11-13,16-17,29H2,(H,34,38)(H,30,31,32). The van der Waals surface area contributed by atoms with E-state index in [1.165, 1.54) is 0 Å². The Bertz CT molecular complexity index is 1490. The maximum atomic E-state index is 12.9. The highest BCUT2D eigenvalue weighted by Crippen LogP contribution is 2.37. The number of nitrogens with zero attached hydrogens (tertiary/aromatic N) is 7. The first kappa shape index (κ1) is 24.1. The van der Waals surface area contributed by atoms with Gasteiger partial charge in [-0.2, -0.15) is 10.4 Å². The van der Waals surface area contributed by atoms with Crippen molar-refractivity contribution in [2.75, 3.05) is 31.5 Å². The zero-order valence-electron chi connectivity index (χ0n) is 21.0. The molecule has 11 heteroatoms. The molecule has 5 heterocycles. The second-order valence-corrected chi connectivity index (χ2v) is 10.1. The molecule has 0 spiro atoms. The third-order valence-corrected chi connectivity index (χ3v) is 7.85. The van der Waals surface area contributed by atoms with Crippen molar-refractivity contribution in [2.45, 2.75) is 37.4 Å². The number of para-hydroxylation sites is 1. The number of carbonyl (C=O) groups excluding carboxylic acids is 1. The quantitative estimate of drug-likeness (QED) is 0.362. The largest absolute Gasteiger partial charge is 0.346 e. The van der Waals surface area contributed by atoms with Gasteiger partial charge in [-0.15, -0.1) is 0 Å². The number of carbonyl (C=O) groups is 1. The van der Waals surface area contributed by atoms with Gasteiger partial charge in [0.2, 0.25) is 0 Å². The molecule has 1 aromatic carbocycles. The number of H-pyrrole nitrogens is 1. The summed E-state index contributed by atoms with van der Waals surface area (Å²) < 4.78 is 1.94. The van der Waals surface area contributed by atoms with Gasteiger partial charge in [0, 0.05) is 67.8 Å². The summed E-state index contributed by atoms with van der Waals surface area (Å²) in [5.41, 5.74) is 9.65. The molecule has 0 saturated carbocycles. The number of fused-ring (bicyclic) bond motifs is 1. The lowest BCUT2D eigenvalue weighted by Crippen LogP contribution is -2.66. The minimum atomic E-state index is -0.363. The van der Waals surface area contributed by atoms with E-state index >= 15 is 0 Å². The van der Waals surface area contributed by atoms with Crippen LogP contribution in [-0.2, 0) is 12.1 Å². The SMILES string of the molecule is N#CCC1(n2cc(-c3ncnc4[nH]ccc34)cn2)CN(C2CCN(C(=O)Nc3ccccc3CN)CC2)C1. The smallest absolute Gasteiger partial charge is 0.321 e. The number of hydrogen-bond donors (Lipinski definition) is 3. The highest BCUT2D eigenvalue weighted by molar-refractivity contribution is 5.90. The van der Waals surface area contributed by atoms with Crippen molar-refractivity contribution in [3.8, 4) is 17.3 Å². The fourth-order valence-electron chi connectivity index (χ4n) is 5.71. The highest BCUT2D eigenvalue weighted by Gasteiger charge is 2.48. The van der Waals surface area contributed by atoms with Crippen LogP contribution in [0.2, 0.25) is 0 Å². The number of aromatic nitrogens is 5. The van der Waals surface area contributed by atoms with Crippen LogP contribution >= 0.6 is 0 Å². The van der Waals surface area contributed by atoms with Crippen molar-refractivity contribution in [2.24, 2.45) is 5.73 Å². The number of anilines is 1. The third kappa shape index (κ3) is 4.27. The van der Waals surface area contributed by atoms with Crippen molar-refractivity contribution in [3.63, 3.8) is 0 Å². The monoisotopic (exact) mass is 510 g/mol. The van der Waals surface area contributed by atoms with Gasteiger partial charge >= 0.3 is 6.03 Å². The molecule has 38 heavy (non-hydrogen) atoms. The van der Waals surface area contributed by atoms with Crippen LogP contribution in [0, 0.1) is 11.3 Å². The number of aromatic amines is 1. The van der Waals surface area contributed by atoms with Crippen molar-refractivity contribution in [1.82, 2.24) is 34.5 Å². The molecule has 11 nitrogen and oxygen atoms in total. The minimum absolute atomic E-state index is 0.0860. The van der Waals surface area contributed by atoms with Gasteiger partial charge in [-0.1, -0.05) is 18.2 Å². The Balaban J connectivity index is 1.09. The topological polar surface area (TPSA) is 145 Å². The molecule has 2 fully saturated rings. The molecule has 4 aromatic rings. The van der Waals surface area contributed by atoms with Crippen LogP contribution in [0.25, 0.3) is 22.3 Å². The van der Waals surface area contributed by atoms with Crippen LogP contribution in [0.5, 0.6) is 0 Å². The van der Waals surface area contributed by atoms with Gasteiger partial charge < -0.3 is 20.9 Å². The summed E-state index contributed by atoms with van der Waals surface area (Å²) in [7, 11) is 0. The molecule has 2 aliphatic rings. The number of likely N-dealkylation sites (tertiary alicyclic amines) is 2. The normalized spacial score (nSPS) is 17.7. The molecule has 0 radical (unpaired) electrons. The van der Waals surface area contributed by atoms with Crippen LogP contribution in [-0.4, -0.2) is 72.8 Å². The molecule has 2 amide bonds. The van der Waals surface area contributed by atoms with Gasteiger partial charge in [0.15, 0.2) is 0 Å². The molecule has 2 saturated heterocycles. The Labute approximate surface area is 220 Å². The lowest BCUT2D eigenvalue weighted by molar-refractivity contribution is -0.0399. The Morgan fingerprint density at radius 2 is 2.03 bits per heavy atom. The number of nitriles is 1. The van der Waals surface area contributed by atoms with Crippen LogP contribution in [0.1, 0.15) is 24.8 Å². The zero-order chi connectivity index (χ0) is 26.1. The number of piperidine rings is 1. The molecule has 194 valence electrons. The van der Waals surface area contributed by atoms with Crippen molar-refractivity contribution in [3.05, 3.63) is 60.8 Å². The molecular weight excluding hydrogens is 480 g/mol. The van der Waals surface area contributed by atoms with E-state index in [9.17, 15) is 10.1 Å². The maximum Gasteiger partial charge on any atom is 0.321 e. The lowest BCUT2D eigenvalue weighted by Gasteiger charge is -2.53. The Hall–Kier alpha value is -4.27.